The summed E-state index contributed by atoms with van der Waals surface area (Å²) >= 11 is 0. The Bertz CT molecular complexity index is 1720. The molecule has 4 aromatic rings. The third-order valence-electron chi connectivity index (χ3n) is 7.44. The van der Waals surface area contributed by atoms with Crippen LogP contribution in [-0.4, -0.2) is 60.2 Å². The fourth-order valence-electron chi connectivity index (χ4n) is 5.16. The molecule has 0 unspecified atom stereocenters. The van der Waals surface area contributed by atoms with Gasteiger partial charge in [-0.25, -0.2) is 4.68 Å². The predicted molar refractivity (Wildman–Crippen MR) is 157 cm³/mol. The molecule has 0 bridgehead atoms. The molecular weight excluding hydrogens is 575 g/mol. The van der Waals surface area contributed by atoms with Crippen LogP contribution in [0.2, 0.25) is 0 Å². The van der Waals surface area contributed by atoms with Gasteiger partial charge < -0.3 is 19.9 Å². The normalized spacial score (nSPS) is 13.7. The maximum absolute atomic E-state index is 14.2. The Morgan fingerprint density at radius 1 is 1.02 bits per heavy atom. The van der Waals surface area contributed by atoms with Crippen LogP contribution in [-0.2, 0) is 12.6 Å². The van der Waals surface area contributed by atoms with Gasteiger partial charge in [0.05, 0.1) is 24.4 Å². The standard InChI is InChI=1S/C32H30F3N5O4/c1-19(20-8-6-5-7-9-20)36-29(41)25-18-23(44-4)14-15-26(25)40-27-24(28(37-40)32(33,34)35)16-17-39(31(27)43)22-12-10-21(11-13-22)30(42)38(2)3/h5-15,18-19H,16-17H2,1-4H3,(H,36,41)/t19-/m1/s1. The molecule has 0 saturated carbocycles. The molecule has 1 aromatic heterocycles. The lowest BCUT2D eigenvalue weighted by atomic mass is 10.0. The van der Waals surface area contributed by atoms with Crippen molar-refractivity contribution in [1.29, 1.82) is 0 Å². The molecule has 5 rings (SSSR count). The second-order valence-electron chi connectivity index (χ2n) is 10.5. The largest absolute Gasteiger partial charge is 0.497 e. The van der Waals surface area contributed by atoms with Crippen molar-refractivity contribution in [3.63, 3.8) is 0 Å². The summed E-state index contributed by atoms with van der Waals surface area (Å²) in [4.78, 5) is 42.6. The van der Waals surface area contributed by atoms with E-state index in [0.29, 0.717) is 17.0 Å². The number of rotatable bonds is 7. The molecule has 2 heterocycles. The van der Waals surface area contributed by atoms with Gasteiger partial charge in [0.15, 0.2) is 5.69 Å². The summed E-state index contributed by atoms with van der Waals surface area (Å²) in [7, 11) is 4.63. The Morgan fingerprint density at radius 3 is 2.32 bits per heavy atom. The number of fused-ring (bicyclic) bond motifs is 1. The molecule has 1 atom stereocenters. The first-order valence-electron chi connectivity index (χ1n) is 13.8. The average molecular weight is 606 g/mol. The topological polar surface area (TPSA) is 96.8 Å². The predicted octanol–water partition coefficient (Wildman–Crippen LogP) is 5.30. The molecule has 0 spiro atoms. The highest BCUT2D eigenvalue weighted by molar-refractivity contribution is 6.08. The summed E-state index contributed by atoms with van der Waals surface area (Å²) in [5.74, 6) is -1.25. The van der Waals surface area contributed by atoms with E-state index in [2.05, 4.69) is 10.4 Å². The second kappa shape index (κ2) is 11.9. The number of nitrogens with zero attached hydrogens (tertiary/aromatic N) is 4. The number of carbonyl (C=O) groups excluding carboxylic acids is 3. The van der Waals surface area contributed by atoms with Crippen molar-refractivity contribution in [2.24, 2.45) is 0 Å². The first-order valence-corrected chi connectivity index (χ1v) is 13.8. The minimum Gasteiger partial charge on any atom is -0.497 e. The van der Waals surface area contributed by atoms with Crippen molar-refractivity contribution in [2.75, 3.05) is 32.6 Å². The van der Waals surface area contributed by atoms with Gasteiger partial charge in [-0.2, -0.15) is 18.3 Å². The minimum absolute atomic E-state index is 0.0163. The number of benzene rings is 3. The fraction of sp³-hybridized carbons (Fsp3) is 0.250. The maximum Gasteiger partial charge on any atom is 0.435 e. The van der Waals surface area contributed by atoms with Crippen LogP contribution < -0.4 is 15.0 Å². The second-order valence-corrected chi connectivity index (χ2v) is 10.5. The lowest BCUT2D eigenvalue weighted by molar-refractivity contribution is -0.141. The van der Waals surface area contributed by atoms with E-state index in [1.54, 1.807) is 45.3 Å². The summed E-state index contributed by atoms with van der Waals surface area (Å²) in [6, 6.07) is 19.3. The van der Waals surface area contributed by atoms with Gasteiger partial charge in [-0.3, -0.25) is 14.4 Å². The number of alkyl halides is 3. The van der Waals surface area contributed by atoms with Crippen molar-refractivity contribution in [3.8, 4) is 11.4 Å². The third kappa shape index (κ3) is 5.75. The molecule has 228 valence electrons. The Labute approximate surface area is 251 Å². The summed E-state index contributed by atoms with van der Waals surface area (Å²) in [5, 5.41) is 6.75. The van der Waals surface area contributed by atoms with Gasteiger partial charge in [0.2, 0.25) is 0 Å². The number of anilines is 1. The van der Waals surface area contributed by atoms with Gasteiger partial charge in [0.25, 0.3) is 17.7 Å². The number of halogens is 3. The molecule has 3 aromatic carbocycles. The van der Waals surface area contributed by atoms with E-state index in [-0.39, 0.29) is 41.4 Å². The van der Waals surface area contributed by atoms with Crippen LogP contribution in [0.1, 0.15) is 61.0 Å². The molecular formula is C32H30F3N5O4. The van der Waals surface area contributed by atoms with E-state index in [4.69, 9.17) is 4.74 Å². The van der Waals surface area contributed by atoms with Gasteiger partial charge in [-0.15, -0.1) is 0 Å². The van der Waals surface area contributed by atoms with Crippen LogP contribution in [0.5, 0.6) is 5.75 Å². The lowest BCUT2D eigenvalue weighted by Crippen LogP contribution is -2.39. The molecule has 9 nitrogen and oxygen atoms in total. The first kappa shape index (κ1) is 30.3. The van der Waals surface area contributed by atoms with Gasteiger partial charge in [0.1, 0.15) is 11.4 Å². The van der Waals surface area contributed by atoms with E-state index in [1.807, 2.05) is 30.3 Å². The smallest absolute Gasteiger partial charge is 0.435 e. The van der Waals surface area contributed by atoms with Crippen LogP contribution >= 0.6 is 0 Å². The first-order chi connectivity index (χ1) is 20.9. The van der Waals surface area contributed by atoms with Crippen LogP contribution in [0.3, 0.4) is 0 Å². The summed E-state index contributed by atoms with van der Waals surface area (Å²) < 4.78 is 48.9. The molecule has 44 heavy (non-hydrogen) atoms. The number of nitrogens with one attached hydrogen (secondary N) is 1. The molecule has 0 radical (unpaired) electrons. The number of amides is 3. The van der Waals surface area contributed by atoms with Crippen LogP contribution in [0.25, 0.3) is 5.69 Å². The average Bonchev–Trinajstić information content (AvgIpc) is 3.42. The maximum atomic E-state index is 14.2. The molecule has 0 fully saturated rings. The fourth-order valence-corrected chi connectivity index (χ4v) is 5.16. The van der Waals surface area contributed by atoms with Gasteiger partial charge in [-0.1, -0.05) is 30.3 Å². The zero-order chi connectivity index (χ0) is 31.8. The van der Waals surface area contributed by atoms with Crippen molar-refractivity contribution < 1.29 is 32.3 Å². The number of hydrogen-bond donors (Lipinski definition) is 1. The monoisotopic (exact) mass is 605 g/mol. The Balaban J connectivity index is 1.59. The molecule has 3 amide bonds. The summed E-state index contributed by atoms with van der Waals surface area (Å²) in [5.41, 5.74) is -0.156. The Morgan fingerprint density at radius 2 is 1.70 bits per heavy atom. The lowest BCUT2D eigenvalue weighted by Gasteiger charge is -2.28. The van der Waals surface area contributed by atoms with E-state index >= 15 is 0 Å². The number of methoxy groups -OCH3 is 1. The van der Waals surface area contributed by atoms with E-state index < -0.39 is 29.7 Å². The highest BCUT2D eigenvalue weighted by atomic mass is 19.4. The number of aromatic nitrogens is 2. The van der Waals surface area contributed by atoms with Crippen molar-refractivity contribution in [3.05, 3.63) is 106 Å². The van der Waals surface area contributed by atoms with Crippen LogP contribution in [0.15, 0.2) is 72.8 Å². The Hall–Kier alpha value is -5.13. The third-order valence-corrected chi connectivity index (χ3v) is 7.44. The molecule has 12 heteroatoms. The van der Waals surface area contributed by atoms with Crippen LogP contribution in [0.4, 0.5) is 18.9 Å². The van der Waals surface area contributed by atoms with Gasteiger partial charge in [0, 0.05) is 37.5 Å². The van der Waals surface area contributed by atoms with E-state index in [0.717, 1.165) is 10.2 Å². The van der Waals surface area contributed by atoms with Crippen LogP contribution in [0, 0.1) is 0 Å². The summed E-state index contributed by atoms with van der Waals surface area (Å²) in [6.45, 7) is 1.75. The van der Waals surface area contributed by atoms with Crippen molar-refractivity contribution in [2.45, 2.75) is 25.6 Å². The SMILES string of the molecule is COc1ccc(-n2nc(C(F)(F)F)c3c2C(=O)N(c2ccc(C(=O)N(C)C)cc2)CC3)c(C(=O)N[C@H](C)c2ccccc2)c1. The number of ether oxygens (including phenoxy) is 1. The van der Waals surface area contributed by atoms with Gasteiger partial charge in [-0.05, 0) is 61.4 Å². The number of carbonyl (C=O) groups is 3. The summed E-state index contributed by atoms with van der Waals surface area (Å²) in [6.07, 6.45) is -4.97. The van der Waals surface area contributed by atoms with Crippen molar-refractivity contribution >= 4 is 23.4 Å². The zero-order valence-corrected chi connectivity index (χ0v) is 24.5. The van der Waals surface area contributed by atoms with E-state index in [9.17, 15) is 27.6 Å². The molecule has 0 saturated heterocycles. The molecule has 1 aliphatic heterocycles. The van der Waals surface area contributed by atoms with E-state index in [1.165, 1.54) is 35.1 Å². The number of hydrogen-bond acceptors (Lipinski definition) is 5. The quantitative estimate of drug-likeness (QED) is 0.309. The molecule has 1 N–H and O–H groups in total. The molecule has 0 aliphatic carbocycles. The Kier molecular flexibility index (Phi) is 8.18. The highest BCUT2D eigenvalue weighted by Gasteiger charge is 2.43. The molecule has 1 aliphatic rings. The minimum atomic E-state index is -4.84. The zero-order valence-electron chi connectivity index (χ0n) is 24.5. The highest BCUT2D eigenvalue weighted by Crippen LogP contribution is 2.38. The van der Waals surface area contributed by atoms with Gasteiger partial charge >= 0.3 is 6.18 Å². The van der Waals surface area contributed by atoms with Crippen molar-refractivity contribution in [1.82, 2.24) is 20.0 Å².